The van der Waals surface area contributed by atoms with Crippen LogP contribution in [0.25, 0.3) is 0 Å². The number of amides is 1. The van der Waals surface area contributed by atoms with Crippen molar-refractivity contribution in [2.45, 2.75) is 6.18 Å². The first-order valence-corrected chi connectivity index (χ1v) is 6.38. The maximum Gasteiger partial charge on any atom is 0.406 e. The molecule has 0 spiro atoms. The van der Waals surface area contributed by atoms with Crippen LogP contribution in [0.5, 0.6) is 5.75 Å². The van der Waals surface area contributed by atoms with Gasteiger partial charge in [0.05, 0.1) is 19.3 Å². The van der Waals surface area contributed by atoms with Crippen molar-refractivity contribution in [3.63, 3.8) is 0 Å². The molecule has 1 aromatic rings. The molecule has 0 saturated heterocycles. The van der Waals surface area contributed by atoms with Gasteiger partial charge < -0.3 is 14.7 Å². The average Bonchev–Trinajstić information content (AvgIpc) is 2.35. The Morgan fingerprint density at radius 3 is 2.60 bits per heavy atom. The van der Waals surface area contributed by atoms with E-state index in [4.69, 9.17) is 9.84 Å². The lowest BCUT2D eigenvalue weighted by atomic mass is 10.1. The highest BCUT2D eigenvalue weighted by Gasteiger charge is 2.33. The van der Waals surface area contributed by atoms with Crippen molar-refractivity contribution in [3.05, 3.63) is 28.2 Å². The Morgan fingerprint density at radius 2 is 2.10 bits per heavy atom. The molecule has 1 rings (SSSR count). The Bertz CT molecular complexity index is 480. The standard InChI is InChI=1S/C12H13BrF3NO3/c1-20-10-6-8(13)2-3-9(10)11(19)17(4-5-18)7-12(14,15)16/h2-3,6,18H,4-5,7H2,1H3. The maximum atomic E-state index is 12.4. The van der Waals surface area contributed by atoms with Gasteiger partial charge in [0, 0.05) is 11.0 Å². The van der Waals surface area contributed by atoms with Gasteiger partial charge in [-0.2, -0.15) is 13.2 Å². The van der Waals surface area contributed by atoms with Crippen LogP contribution in [0.3, 0.4) is 0 Å². The predicted octanol–water partition coefficient (Wildman–Crippen LogP) is 2.45. The van der Waals surface area contributed by atoms with E-state index < -0.39 is 31.8 Å². The molecule has 0 atom stereocenters. The summed E-state index contributed by atoms with van der Waals surface area (Å²) in [5.74, 6) is -0.685. The number of aliphatic hydroxyl groups is 1. The smallest absolute Gasteiger partial charge is 0.406 e. The van der Waals surface area contributed by atoms with E-state index in [-0.39, 0.29) is 11.3 Å². The predicted molar refractivity (Wildman–Crippen MR) is 69.7 cm³/mol. The van der Waals surface area contributed by atoms with E-state index in [1.165, 1.54) is 25.3 Å². The molecule has 1 aromatic carbocycles. The number of carbonyl (C=O) groups is 1. The van der Waals surface area contributed by atoms with Gasteiger partial charge in [0.25, 0.3) is 5.91 Å². The third kappa shape index (κ3) is 4.68. The lowest BCUT2D eigenvalue weighted by Gasteiger charge is -2.24. The first-order valence-electron chi connectivity index (χ1n) is 5.59. The summed E-state index contributed by atoms with van der Waals surface area (Å²) in [5, 5.41) is 8.80. The topological polar surface area (TPSA) is 49.8 Å². The van der Waals surface area contributed by atoms with Gasteiger partial charge in [-0.3, -0.25) is 4.79 Å². The van der Waals surface area contributed by atoms with E-state index in [1.807, 2.05) is 0 Å². The normalized spacial score (nSPS) is 11.3. The molecule has 1 amide bonds. The van der Waals surface area contributed by atoms with Crippen LogP contribution in [0.1, 0.15) is 10.4 Å². The fourth-order valence-electron chi connectivity index (χ4n) is 1.60. The highest BCUT2D eigenvalue weighted by Crippen LogP contribution is 2.26. The Balaban J connectivity index is 3.06. The van der Waals surface area contributed by atoms with Crippen molar-refractivity contribution in [1.29, 1.82) is 0 Å². The summed E-state index contributed by atoms with van der Waals surface area (Å²) in [6.45, 7) is -2.39. The van der Waals surface area contributed by atoms with Crippen LogP contribution in [0.2, 0.25) is 0 Å². The average molecular weight is 356 g/mol. The van der Waals surface area contributed by atoms with Crippen molar-refractivity contribution in [1.82, 2.24) is 4.90 Å². The number of rotatable bonds is 5. The molecule has 0 bridgehead atoms. The maximum absolute atomic E-state index is 12.4. The molecule has 4 nitrogen and oxygen atoms in total. The number of methoxy groups -OCH3 is 1. The number of benzene rings is 1. The minimum absolute atomic E-state index is 0.00778. The Hall–Kier alpha value is -1.28. The van der Waals surface area contributed by atoms with Crippen LogP contribution in [-0.4, -0.2) is 48.9 Å². The molecule has 0 heterocycles. The fraction of sp³-hybridized carbons (Fsp3) is 0.417. The Morgan fingerprint density at radius 1 is 1.45 bits per heavy atom. The summed E-state index contributed by atoms with van der Waals surface area (Å²) >= 11 is 3.18. The second-order valence-electron chi connectivity index (χ2n) is 3.91. The number of nitrogens with zero attached hydrogens (tertiary/aromatic N) is 1. The van der Waals surface area contributed by atoms with Crippen molar-refractivity contribution in [2.75, 3.05) is 26.8 Å². The molecule has 112 valence electrons. The minimum atomic E-state index is -4.53. The molecule has 20 heavy (non-hydrogen) atoms. The van der Waals surface area contributed by atoms with E-state index in [0.29, 0.717) is 9.37 Å². The van der Waals surface area contributed by atoms with Crippen molar-refractivity contribution >= 4 is 21.8 Å². The third-order valence-electron chi connectivity index (χ3n) is 2.42. The van der Waals surface area contributed by atoms with Crippen LogP contribution in [0.15, 0.2) is 22.7 Å². The zero-order chi connectivity index (χ0) is 15.3. The van der Waals surface area contributed by atoms with Crippen LogP contribution >= 0.6 is 15.9 Å². The number of hydrogen-bond acceptors (Lipinski definition) is 3. The molecular formula is C12H13BrF3NO3. The van der Waals surface area contributed by atoms with Gasteiger partial charge in [-0.15, -0.1) is 0 Å². The van der Waals surface area contributed by atoms with Gasteiger partial charge in [0.15, 0.2) is 0 Å². The highest BCUT2D eigenvalue weighted by molar-refractivity contribution is 9.10. The summed E-state index contributed by atoms with van der Waals surface area (Å²) in [4.78, 5) is 12.7. The molecule has 0 aliphatic carbocycles. The molecule has 0 fully saturated rings. The van der Waals surface area contributed by atoms with Crippen molar-refractivity contribution < 1.29 is 27.8 Å². The molecule has 0 saturated carbocycles. The Labute approximate surface area is 122 Å². The van der Waals surface area contributed by atoms with Crippen molar-refractivity contribution in [2.24, 2.45) is 0 Å². The van der Waals surface area contributed by atoms with Crippen LogP contribution in [0.4, 0.5) is 13.2 Å². The first kappa shape index (κ1) is 16.8. The van der Waals surface area contributed by atoms with E-state index in [0.717, 1.165) is 0 Å². The largest absolute Gasteiger partial charge is 0.496 e. The molecule has 0 radical (unpaired) electrons. The third-order valence-corrected chi connectivity index (χ3v) is 2.91. The van der Waals surface area contributed by atoms with Gasteiger partial charge in [-0.25, -0.2) is 0 Å². The van der Waals surface area contributed by atoms with Gasteiger partial charge >= 0.3 is 6.18 Å². The zero-order valence-electron chi connectivity index (χ0n) is 10.6. The number of carbonyl (C=O) groups excluding carboxylic acids is 1. The fourth-order valence-corrected chi connectivity index (χ4v) is 1.94. The van der Waals surface area contributed by atoms with Crippen molar-refractivity contribution in [3.8, 4) is 5.75 Å². The SMILES string of the molecule is COc1cc(Br)ccc1C(=O)N(CCO)CC(F)(F)F. The van der Waals surface area contributed by atoms with Gasteiger partial charge in [-0.05, 0) is 18.2 Å². The molecule has 0 aliphatic rings. The summed E-state index contributed by atoms with van der Waals surface area (Å²) in [7, 11) is 1.32. The summed E-state index contributed by atoms with van der Waals surface area (Å²) in [6.07, 6.45) is -4.53. The monoisotopic (exact) mass is 355 g/mol. The summed E-state index contributed by atoms with van der Waals surface area (Å²) in [5.41, 5.74) is 0.00778. The van der Waals surface area contributed by atoms with Crippen LogP contribution < -0.4 is 4.74 Å². The zero-order valence-corrected chi connectivity index (χ0v) is 12.2. The summed E-state index contributed by atoms with van der Waals surface area (Å²) < 4.78 is 42.9. The van der Waals surface area contributed by atoms with E-state index in [9.17, 15) is 18.0 Å². The number of halogens is 4. The lowest BCUT2D eigenvalue weighted by Crippen LogP contribution is -2.40. The quantitative estimate of drug-likeness (QED) is 0.882. The Kier molecular flexibility index (Phi) is 5.82. The number of hydrogen-bond donors (Lipinski definition) is 1. The molecule has 1 N–H and O–H groups in total. The minimum Gasteiger partial charge on any atom is -0.496 e. The molecule has 0 aromatic heterocycles. The van der Waals surface area contributed by atoms with E-state index >= 15 is 0 Å². The van der Waals surface area contributed by atoms with Gasteiger partial charge in [0.2, 0.25) is 0 Å². The molecule has 8 heteroatoms. The second kappa shape index (κ2) is 6.94. The summed E-state index contributed by atoms with van der Waals surface area (Å²) in [6, 6.07) is 4.38. The van der Waals surface area contributed by atoms with E-state index in [1.54, 1.807) is 0 Å². The van der Waals surface area contributed by atoms with E-state index in [2.05, 4.69) is 15.9 Å². The lowest BCUT2D eigenvalue weighted by molar-refractivity contribution is -0.141. The first-order chi connectivity index (χ1) is 9.28. The number of aliphatic hydroxyl groups excluding tert-OH is 1. The van der Waals surface area contributed by atoms with Crippen LogP contribution in [0, 0.1) is 0 Å². The molecular weight excluding hydrogens is 343 g/mol. The second-order valence-corrected chi connectivity index (χ2v) is 4.83. The van der Waals surface area contributed by atoms with Gasteiger partial charge in [-0.1, -0.05) is 15.9 Å². The number of alkyl halides is 3. The molecule has 0 aliphatic heterocycles. The van der Waals surface area contributed by atoms with Crippen LogP contribution in [-0.2, 0) is 0 Å². The highest BCUT2D eigenvalue weighted by atomic mass is 79.9. The number of ether oxygens (including phenoxy) is 1. The molecule has 0 unspecified atom stereocenters. The van der Waals surface area contributed by atoms with Gasteiger partial charge in [0.1, 0.15) is 12.3 Å².